The topological polar surface area (TPSA) is 106 Å². The second-order valence-electron chi connectivity index (χ2n) is 6.72. The summed E-state index contributed by atoms with van der Waals surface area (Å²) in [6.45, 7) is 1.92. The van der Waals surface area contributed by atoms with Gasteiger partial charge in [-0.05, 0) is 30.5 Å². The van der Waals surface area contributed by atoms with E-state index in [4.69, 9.17) is 11.6 Å². The van der Waals surface area contributed by atoms with E-state index in [1.165, 1.54) is 17.8 Å². The number of halogens is 3. The van der Waals surface area contributed by atoms with Gasteiger partial charge in [-0.15, -0.1) is 0 Å². The van der Waals surface area contributed by atoms with E-state index < -0.39 is 55.2 Å². The molecule has 1 aliphatic rings. The van der Waals surface area contributed by atoms with Crippen molar-refractivity contribution in [1.29, 1.82) is 0 Å². The van der Waals surface area contributed by atoms with E-state index in [0.717, 1.165) is 29.1 Å². The van der Waals surface area contributed by atoms with E-state index in [1.54, 1.807) is 0 Å². The zero-order valence-corrected chi connectivity index (χ0v) is 18.3. The molecule has 0 radical (unpaired) electrons. The number of thioether (sulfide) groups is 1. The van der Waals surface area contributed by atoms with Gasteiger partial charge in [0.25, 0.3) is 0 Å². The van der Waals surface area contributed by atoms with Crippen LogP contribution in [0.25, 0.3) is 0 Å². The lowest BCUT2D eigenvalue weighted by molar-refractivity contribution is -0.384. The summed E-state index contributed by atoms with van der Waals surface area (Å²) in [5.41, 5.74) is -0.338. The maximum absolute atomic E-state index is 13.6. The van der Waals surface area contributed by atoms with E-state index in [0.29, 0.717) is 11.3 Å². The van der Waals surface area contributed by atoms with Crippen molar-refractivity contribution in [2.45, 2.75) is 36.9 Å². The van der Waals surface area contributed by atoms with Gasteiger partial charge in [-0.3, -0.25) is 10.1 Å². The second kappa shape index (κ2) is 8.60. The van der Waals surface area contributed by atoms with Crippen LogP contribution in [0.15, 0.2) is 23.4 Å². The lowest BCUT2D eigenvalue weighted by Gasteiger charge is -2.22. The number of nitrogens with zero attached hydrogens (tertiary/aromatic N) is 4. The molecule has 30 heavy (non-hydrogen) atoms. The summed E-state index contributed by atoms with van der Waals surface area (Å²) in [6, 6.07) is 2.55. The minimum absolute atomic E-state index is 0.112. The minimum Gasteiger partial charge on any atom is -0.258 e. The minimum atomic E-state index is -4.02. The molecule has 1 aromatic heterocycles. The number of sulfonamides is 1. The van der Waals surface area contributed by atoms with Crippen LogP contribution < -0.4 is 4.31 Å². The molecule has 0 N–H and O–H groups in total. The molecule has 8 nitrogen and oxygen atoms in total. The van der Waals surface area contributed by atoms with Crippen molar-refractivity contribution in [2.75, 3.05) is 16.3 Å². The van der Waals surface area contributed by atoms with Gasteiger partial charge in [-0.1, -0.05) is 36.4 Å². The van der Waals surface area contributed by atoms with Crippen molar-refractivity contribution >= 4 is 44.9 Å². The van der Waals surface area contributed by atoms with Crippen LogP contribution in [0, 0.1) is 21.7 Å². The molecule has 13 heteroatoms. The molecule has 0 aliphatic heterocycles. The zero-order valence-electron chi connectivity index (χ0n) is 15.9. The van der Waals surface area contributed by atoms with E-state index in [2.05, 4.69) is 9.97 Å². The molecule has 1 aliphatic carbocycles. The van der Waals surface area contributed by atoms with Crippen molar-refractivity contribution in [1.82, 2.24) is 9.97 Å². The molecule has 1 saturated carbocycles. The molecule has 1 heterocycles. The first-order valence-electron chi connectivity index (χ1n) is 8.83. The maximum atomic E-state index is 13.6. The molecule has 0 amide bonds. The van der Waals surface area contributed by atoms with Crippen LogP contribution in [0.5, 0.6) is 0 Å². The number of rotatable bonds is 8. The summed E-state index contributed by atoms with van der Waals surface area (Å²) in [5.74, 6) is -2.39. The molecule has 1 aromatic carbocycles. The maximum Gasteiger partial charge on any atom is 0.349 e. The summed E-state index contributed by atoms with van der Waals surface area (Å²) in [4.78, 5) is 18.8. The molecule has 3 rings (SSSR count). The number of hydrogen-bond acceptors (Lipinski definition) is 7. The highest BCUT2D eigenvalue weighted by Crippen LogP contribution is 2.49. The number of anilines is 1. The molecule has 0 unspecified atom stereocenters. The van der Waals surface area contributed by atoms with Gasteiger partial charge < -0.3 is 0 Å². The third-order valence-corrected chi connectivity index (χ3v) is 6.89. The van der Waals surface area contributed by atoms with Gasteiger partial charge in [0.05, 0.1) is 17.2 Å². The van der Waals surface area contributed by atoms with Crippen molar-refractivity contribution in [3.63, 3.8) is 0 Å². The Morgan fingerprint density at radius 2 is 2.03 bits per heavy atom. The van der Waals surface area contributed by atoms with Crippen molar-refractivity contribution in [2.24, 2.45) is 0 Å². The van der Waals surface area contributed by atoms with Crippen LogP contribution >= 0.6 is 23.4 Å². The van der Waals surface area contributed by atoms with Crippen LogP contribution in [0.2, 0.25) is 5.15 Å². The van der Waals surface area contributed by atoms with Gasteiger partial charge in [-0.2, -0.15) is 4.98 Å². The average Bonchev–Trinajstić information content (AvgIpc) is 3.40. The highest BCUT2D eigenvalue weighted by molar-refractivity contribution is 7.99. The fraction of sp³-hybridized carbons (Fsp3) is 0.412. The van der Waals surface area contributed by atoms with Crippen LogP contribution in [0.1, 0.15) is 31.2 Å². The smallest absolute Gasteiger partial charge is 0.258 e. The fourth-order valence-electron chi connectivity index (χ4n) is 3.07. The molecule has 0 spiro atoms. The Balaban J connectivity index is 2.07. The normalized spacial score (nSPS) is 18.3. The summed E-state index contributed by atoms with van der Waals surface area (Å²) in [6.07, 6.45) is 1.93. The van der Waals surface area contributed by atoms with Gasteiger partial charge in [-0.25, -0.2) is 26.5 Å². The standard InChI is InChI=1S/C17H17ClF2N4O4S2/c1-3-6-29-17-21-15(18)14(24(25)26)16(22-17)23(30(2,27)28)13-8-10(13)9-4-5-11(19)12(20)7-9/h4-5,7,10,13H,3,6,8H2,1-2H3/t10-,13+/m0/s1. The van der Waals surface area contributed by atoms with Crippen molar-refractivity contribution < 1.29 is 22.1 Å². The number of nitro groups is 1. The van der Waals surface area contributed by atoms with E-state index in [9.17, 15) is 27.3 Å². The predicted molar refractivity (Wildman–Crippen MR) is 110 cm³/mol. The molecule has 0 saturated heterocycles. The number of benzene rings is 1. The molecule has 0 bridgehead atoms. The monoisotopic (exact) mass is 478 g/mol. The number of aromatic nitrogens is 2. The van der Waals surface area contributed by atoms with Crippen LogP contribution in [0.4, 0.5) is 20.3 Å². The average molecular weight is 479 g/mol. The second-order valence-corrected chi connectivity index (χ2v) is 10.00. The Kier molecular flexibility index (Phi) is 6.48. The van der Waals surface area contributed by atoms with Crippen LogP contribution in [-0.4, -0.2) is 41.4 Å². The van der Waals surface area contributed by atoms with Crippen LogP contribution in [-0.2, 0) is 10.0 Å². The molecular formula is C17H17ClF2N4O4S2. The Hall–Kier alpha value is -2.05. The van der Waals surface area contributed by atoms with Crippen molar-refractivity contribution in [3.05, 3.63) is 50.7 Å². The van der Waals surface area contributed by atoms with E-state index in [1.807, 2.05) is 6.92 Å². The Morgan fingerprint density at radius 3 is 2.60 bits per heavy atom. The first-order chi connectivity index (χ1) is 14.0. The highest BCUT2D eigenvalue weighted by atomic mass is 35.5. The Morgan fingerprint density at radius 1 is 1.33 bits per heavy atom. The summed E-state index contributed by atoms with van der Waals surface area (Å²) in [7, 11) is -4.02. The van der Waals surface area contributed by atoms with Gasteiger partial charge in [0.2, 0.25) is 21.0 Å². The third kappa shape index (κ3) is 4.65. The largest absolute Gasteiger partial charge is 0.349 e. The van der Waals surface area contributed by atoms with Gasteiger partial charge in [0, 0.05) is 11.7 Å². The van der Waals surface area contributed by atoms with Gasteiger partial charge in [0.15, 0.2) is 16.8 Å². The SMILES string of the molecule is CCCSc1nc(Cl)c([N+](=O)[O-])c(N([C@@H]2C[C@H]2c2ccc(F)c(F)c2)S(C)(=O)=O)n1. The lowest BCUT2D eigenvalue weighted by Crippen LogP contribution is -2.34. The number of hydrogen-bond donors (Lipinski definition) is 0. The summed E-state index contributed by atoms with van der Waals surface area (Å²) in [5, 5.41) is 11.2. The molecule has 1 fully saturated rings. The van der Waals surface area contributed by atoms with Gasteiger partial charge >= 0.3 is 5.69 Å². The predicted octanol–water partition coefficient (Wildman–Crippen LogP) is 4.14. The Bertz CT molecular complexity index is 1100. The molecule has 2 aromatic rings. The molecular weight excluding hydrogens is 462 g/mol. The van der Waals surface area contributed by atoms with Gasteiger partial charge in [0.1, 0.15) is 0 Å². The van der Waals surface area contributed by atoms with Crippen LogP contribution in [0.3, 0.4) is 0 Å². The Labute approximate surface area is 180 Å². The lowest BCUT2D eigenvalue weighted by atomic mass is 10.1. The molecule has 2 atom stereocenters. The highest BCUT2D eigenvalue weighted by Gasteiger charge is 2.49. The first kappa shape index (κ1) is 22.6. The van der Waals surface area contributed by atoms with E-state index in [-0.39, 0.29) is 11.6 Å². The zero-order chi connectivity index (χ0) is 22.2. The van der Waals surface area contributed by atoms with E-state index >= 15 is 0 Å². The fourth-order valence-corrected chi connectivity index (χ4v) is 5.21. The summed E-state index contributed by atoms with van der Waals surface area (Å²) < 4.78 is 52.8. The molecule has 162 valence electrons. The first-order valence-corrected chi connectivity index (χ1v) is 12.0. The van der Waals surface area contributed by atoms with Crippen molar-refractivity contribution in [3.8, 4) is 0 Å². The quantitative estimate of drug-likeness (QED) is 0.184. The summed E-state index contributed by atoms with van der Waals surface area (Å²) >= 11 is 7.19. The third-order valence-electron chi connectivity index (χ3n) is 4.42.